The van der Waals surface area contributed by atoms with Gasteiger partial charge in [0.1, 0.15) is 18.2 Å². The van der Waals surface area contributed by atoms with E-state index in [-0.39, 0.29) is 0 Å². The van der Waals surface area contributed by atoms with Crippen molar-refractivity contribution in [2.75, 3.05) is 5.32 Å². The fourth-order valence-corrected chi connectivity index (χ4v) is 1.99. The lowest BCUT2D eigenvalue weighted by Crippen LogP contribution is -2.01. The zero-order valence-corrected chi connectivity index (χ0v) is 11.6. The van der Waals surface area contributed by atoms with E-state index in [4.69, 9.17) is 4.74 Å². The Kier molecular flexibility index (Phi) is 4.17. The second-order valence-electron chi connectivity index (χ2n) is 4.69. The van der Waals surface area contributed by atoms with Gasteiger partial charge in [0.15, 0.2) is 0 Å². The molecule has 0 amide bonds. The summed E-state index contributed by atoms with van der Waals surface area (Å²) in [6.45, 7) is 1.26. The van der Waals surface area contributed by atoms with Crippen LogP contribution in [0.1, 0.15) is 11.4 Å². The van der Waals surface area contributed by atoms with Crippen LogP contribution in [0.25, 0.3) is 0 Å². The van der Waals surface area contributed by atoms with Gasteiger partial charge in [-0.05, 0) is 29.8 Å². The lowest BCUT2D eigenvalue weighted by Gasteiger charge is -2.08. The zero-order valence-electron chi connectivity index (χ0n) is 11.6. The number of anilines is 1. The number of ether oxygens (including phenoxy) is 1. The second-order valence-corrected chi connectivity index (χ2v) is 4.69. The third kappa shape index (κ3) is 3.86. The van der Waals surface area contributed by atoms with Gasteiger partial charge in [0, 0.05) is 18.1 Å². The van der Waals surface area contributed by atoms with Crippen LogP contribution in [0.2, 0.25) is 0 Å². The van der Waals surface area contributed by atoms with Crippen LogP contribution in [0.15, 0.2) is 67.0 Å². The molecule has 4 heteroatoms. The van der Waals surface area contributed by atoms with Gasteiger partial charge in [-0.2, -0.15) is 0 Å². The third-order valence-electron chi connectivity index (χ3n) is 3.12. The van der Waals surface area contributed by atoms with Gasteiger partial charge in [-0.15, -0.1) is 0 Å². The standard InChI is InChI=1S/C17H17N3O/c1-2-4-14(5-3-1)13-21-16-8-6-15(7-9-16)20-12-17-18-10-11-19-17/h1-11,20H,12-13H2,(H,18,19). The maximum atomic E-state index is 5.75. The Hall–Kier alpha value is -2.75. The summed E-state index contributed by atoms with van der Waals surface area (Å²) in [5.41, 5.74) is 2.20. The van der Waals surface area contributed by atoms with E-state index < -0.39 is 0 Å². The molecule has 0 aliphatic heterocycles. The van der Waals surface area contributed by atoms with Gasteiger partial charge >= 0.3 is 0 Å². The molecule has 3 rings (SSSR count). The zero-order chi connectivity index (χ0) is 14.3. The predicted molar refractivity (Wildman–Crippen MR) is 83.1 cm³/mol. The molecule has 4 nitrogen and oxygen atoms in total. The molecule has 0 spiro atoms. The highest BCUT2D eigenvalue weighted by Crippen LogP contribution is 2.17. The summed E-state index contributed by atoms with van der Waals surface area (Å²) in [6.07, 6.45) is 3.56. The largest absolute Gasteiger partial charge is 0.489 e. The normalized spacial score (nSPS) is 10.3. The lowest BCUT2D eigenvalue weighted by atomic mass is 10.2. The van der Waals surface area contributed by atoms with Gasteiger partial charge in [0.25, 0.3) is 0 Å². The highest BCUT2D eigenvalue weighted by atomic mass is 16.5. The van der Waals surface area contributed by atoms with Crippen LogP contribution in [-0.2, 0) is 13.2 Å². The van der Waals surface area contributed by atoms with Crippen LogP contribution >= 0.6 is 0 Å². The van der Waals surface area contributed by atoms with Crippen LogP contribution in [0.4, 0.5) is 5.69 Å². The van der Waals surface area contributed by atoms with Crippen molar-refractivity contribution in [1.82, 2.24) is 9.97 Å². The van der Waals surface area contributed by atoms with Crippen molar-refractivity contribution in [1.29, 1.82) is 0 Å². The summed E-state index contributed by atoms with van der Waals surface area (Å²) in [5, 5.41) is 3.30. The average Bonchev–Trinajstić information content (AvgIpc) is 3.06. The molecule has 1 aromatic heterocycles. The van der Waals surface area contributed by atoms with Gasteiger partial charge in [-0.1, -0.05) is 30.3 Å². The molecule has 0 radical (unpaired) electrons. The van der Waals surface area contributed by atoms with Crippen LogP contribution in [0, 0.1) is 0 Å². The summed E-state index contributed by atoms with van der Waals surface area (Å²) in [4.78, 5) is 7.23. The second kappa shape index (κ2) is 6.61. The monoisotopic (exact) mass is 279 g/mol. The van der Waals surface area contributed by atoms with Crippen molar-refractivity contribution in [3.05, 3.63) is 78.4 Å². The SMILES string of the molecule is c1ccc(COc2ccc(NCc3ncc[nH]3)cc2)cc1. The van der Waals surface area contributed by atoms with E-state index in [1.807, 2.05) is 48.7 Å². The Balaban J connectivity index is 1.52. The highest BCUT2D eigenvalue weighted by molar-refractivity contribution is 5.46. The molecule has 0 aliphatic rings. The Bertz CT molecular complexity index is 648. The summed E-state index contributed by atoms with van der Waals surface area (Å²) < 4.78 is 5.75. The third-order valence-corrected chi connectivity index (χ3v) is 3.12. The van der Waals surface area contributed by atoms with Crippen molar-refractivity contribution in [2.24, 2.45) is 0 Å². The topological polar surface area (TPSA) is 49.9 Å². The molecule has 1 heterocycles. The molecular weight excluding hydrogens is 262 g/mol. The van der Waals surface area contributed by atoms with Gasteiger partial charge in [-0.3, -0.25) is 0 Å². The average molecular weight is 279 g/mol. The van der Waals surface area contributed by atoms with Crippen molar-refractivity contribution in [3.63, 3.8) is 0 Å². The molecule has 2 aromatic carbocycles. The number of H-pyrrole nitrogens is 1. The highest BCUT2D eigenvalue weighted by Gasteiger charge is 1.98. The molecule has 0 aliphatic carbocycles. The summed E-state index contributed by atoms with van der Waals surface area (Å²) in [7, 11) is 0. The Labute approximate surface area is 123 Å². The van der Waals surface area contributed by atoms with E-state index in [0.29, 0.717) is 13.2 Å². The van der Waals surface area contributed by atoms with E-state index in [0.717, 1.165) is 22.8 Å². The molecule has 106 valence electrons. The molecule has 21 heavy (non-hydrogen) atoms. The van der Waals surface area contributed by atoms with E-state index in [9.17, 15) is 0 Å². The van der Waals surface area contributed by atoms with E-state index >= 15 is 0 Å². The molecule has 2 N–H and O–H groups in total. The first-order chi connectivity index (χ1) is 10.4. The first-order valence-corrected chi connectivity index (χ1v) is 6.89. The molecule has 0 bridgehead atoms. The number of rotatable bonds is 6. The number of nitrogens with zero attached hydrogens (tertiary/aromatic N) is 1. The van der Waals surface area contributed by atoms with Crippen molar-refractivity contribution in [3.8, 4) is 5.75 Å². The van der Waals surface area contributed by atoms with Crippen molar-refractivity contribution >= 4 is 5.69 Å². The van der Waals surface area contributed by atoms with E-state index in [1.165, 1.54) is 0 Å². The Morgan fingerprint density at radius 2 is 1.81 bits per heavy atom. The number of imidazole rings is 1. The summed E-state index contributed by atoms with van der Waals surface area (Å²) in [5.74, 6) is 1.78. The van der Waals surface area contributed by atoms with Crippen molar-refractivity contribution in [2.45, 2.75) is 13.2 Å². The minimum atomic E-state index is 0.583. The molecular formula is C17H17N3O. The maximum Gasteiger partial charge on any atom is 0.125 e. The number of hydrogen-bond acceptors (Lipinski definition) is 3. The quantitative estimate of drug-likeness (QED) is 0.725. The summed E-state index contributed by atoms with van der Waals surface area (Å²) >= 11 is 0. The molecule has 0 saturated carbocycles. The number of hydrogen-bond donors (Lipinski definition) is 2. The van der Waals surface area contributed by atoms with Gasteiger partial charge in [0.2, 0.25) is 0 Å². The van der Waals surface area contributed by atoms with Crippen LogP contribution in [-0.4, -0.2) is 9.97 Å². The van der Waals surface area contributed by atoms with Gasteiger partial charge < -0.3 is 15.0 Å². The molecule has 0 saturated heterocycles. The smallest absolute Gasteiger partial charge is 0.125 e. The minimum Gasteiger partial charge on any atom is -0.489 e. The fraction of sp³-hybridized carbons (Fsp3) is 0.118. The van der Waals surface area contributed by atoms with E-state index in [1.54, 1.807) is 6.20 Å². The number of aromatic amines is 1. The number of aromatic nitrogens is 2. The maximum absolute atomic E-state index is 5.75. The van der Waals surface area contributed by atoms with Crippen LogP contribution in [0.5, 0.6) is 5.75 Å². The van der Waals surface area contributed by atoms with E-state index in [2.05, 4.69) is 27.4 Å². The molecule has 3 aromatic rings. The first kappa shape index (κ1) is 13.2. The van der Waals surface area contributed by atoms with Crippen LogP contribution in [0.3, 0.4) is 0 Å². The lowest BCUT2D eigenvalue weighted by molar-refractivity contribution is 0.306. The Morgan fingerprint density at radius 3 is 2.52 bits per heavy atom. The Morgan fingerprint density at radius 1 is 1.00 bits per heavy atom. The number of nitrogens with one attached hydrogen (secondary N) is 2. The first-order valence-electron chi connectivity index (χ1n) is 6.89. The van der Waals surface area contributed by atoms with Gasteiger partial charge in [0.05, 0.1) is 6.54 Å². The molecule has 0 atom stereocenters. The number of benzene rings is 2. The van der Waals surface area contributed by atoms with Gasteiger partial charge in [-0.25, -0.2) is 4.98 Å². The predicted octanol–water partition coefficient (Wildman–Crippen LogP) is 3.60. The fourth-order valence-electron chi connectivity index (χ4n) is 1.99. The molecule has 0 fully saturated rings. The minimum absolute atomic E-state index is 0.583. The van der Waals surface area contributed by atoms with Crippen LogP contribution < -0.4 is 10.1 Å². The molecule has 0 unspecified atom stereocenters. The van der Waals surface area contributed by atoms with Crippen molar-refractivity contribution < 1.29 is 4.74 Å². The summed E-state index contributed by atoms with van der Waals surface area (Å²) in [6, 6.07) is 18.1.